The number of ether oxygens (including phenoxy) is 3. The predicted octanol–water partition coefficient (Wildman–Crippen LogP) is 1.52. The van der Waals surface area contributed by atoms with Crippen molar-refractivity contribution in [2.24, 2.45) is 0 Å². The monoisotopic (exact) mass is 371 g/mol. The lowest BCUT2D eigenvalue weighted by Gasteiger charge is -2.32. The van der Waals surface area contributed by atoms with E-state index in [0.29, 0.717) is 37.7 Å². The second-order valence-electron chi connectivity index (χ2n) is 5.42. The van der Waals surface area contributed by atoms with Gasteiger partial charge >= 0.3 is 6.09 Å². The summed E-state index contributed by atoms with van der Waals surface area (Å²) in [6.07, 6.45) is -0.702. The van der Waals surface area contributed by atoms with E-state index in [-0.39, 0.29) is 35.2 Å². The Hall–Kier alpha value is -2.19. The van der Waals surface area contributed by atoms with Crippen molar-refractivity contribution in [3.63, 3.8) is 0 Å². The quantitative estimate of drug-likeness (QED) is 0.760. The van der Waals surface area contributed by atoms with Gasteiger partial charge in [-0.1, -0.05) is 11.6 Å². The Balaban J connectivity index is 1.96. The van der Waals surface area contributed by atoms with Gasteiger partial charge in [-0.2, -0.15) is 0 Å². The van der Waals surface area contributed by atoms with Crippen LogP contribution in [0, 0.1) is 0 Å². The summed E-state index contributed by atoms with van der Waals surface area (Å²) in [6, 6.07) is 2.95. The highest BCUT2D eigenvalue weighted by atomic mass is 35.5. The van der Waals surface area contributed by atoms with Gasteiger partial charge in [-0.05, 0) is 13.0 Å². The summed E-state index contributed by atoms with van der Waals surface area (Å²) in [4.78, 5) is 25.7. The largest absolute Gasteiger partial charge is 0.496 e. The third-order valence-electron chi connectivity index (χ3n) is 3.72. The van der Waals surface area contributed by atoms with Crippen molar-refractivity contribution in [2.75, 3.05) is 45.7 Å². The molecule has 8 nitrogen and oxygen atoms in total. The van der Waals surface area contributed by atoms with Crippen LogP contribution in [0.1, 0.15) is 17.3 Å². The van der Waals surface area contributed by atoms with E-state index in [2.05, 4.69) is 5.32 Å². The van der Waals surface area contributed by atoms with Crippen LogP contribution in [0.25, 0.3) is 0 Å². The number of hydrogen-bond acceptors (Lipinski definition) is 6. The number of benzene rings is 1. The van der Waals surface area contributed by atoms with Crippen molar-refractivity contribution in [2.45, 2.75) is 13.0 Å². The maximum Gasteiger partial charge on any atom is 0.409 e. The van der Waals surface area contributed by atoms with E-state index < -0.39 is 0 Å². The molecule has 1 aliphatic heterocycles. The average Bonchev–Trinajstić information content (AvgIpc) is 2.62. The lowest BCUT2D eigenvalue weighted by molar-refractivity contribution is -0.0247. The molecule has 0 aliphatic carbocycles. The van der Waals surface area contributed by atoms with Gasteiger partial charge in [-0.3, -0.25) is 4.79 Å². The van der Waals surface area contributed by atoms with Crippen LogP contribution in [-0.2, 0) is 9.47 Å². The lowest BCUT2D eigenvalue weighted by atomic mass is 10.1. The van der Waals surface area contributed by atoms with Crippen LogP contribution < -0.4 is 15.8 Å². The summed E-state index contributed by atoms with van der Waals surface area (Å²) >= 11 is 5.98. The number of morpholine rings is 1. The smallest absolute Gasteiger partial charge is 0.409 e. The number of nitrogens with zero attached hydrogens (tertiary/aromatic N) is 1. The summed E-state index contributed by atoms with van der Waals surface area (Å²) < 4.78 is 15.7. The summed E-state index contributed by atoms with van der Waals surface area (Å²) in [5.41, 5.74) is 6.32. The summed E-state index contributed by atoms with van der Waals surface area (Å²) in [5.74, 6) is -0.0345. The molecule has 138 valence electrons. The van der Waals surface area contributed by atoms with Crippen LogP contribution in [0.15, 0.2) is 12.1 Å². The van der Waals surface area contributed by atoms with Crippen LogP contribution in [0.5, 0.6) is 5.75 Å². The van der Waals surface area contributed by atoms with Crippen molar-refractivity contribution in [3.8, 4) is 5.75 Å². The van der Waals surface area contributed by atoms with Gasteiger partial charge in [0.15, 0.2) is 0 Å². The topological polar surface area (TPSA) is 103 Å². The highest BCUT2D eigenvalue weighted by molar-refractivity contribution is 6.33. The molecule has 0 spiro atoms. The highest BCUT2D eigenvalue weighted by Gasteiger charge is 2.26. The first-order chi connectivity index (χ1) is 12.0. The van der Waals surface area contributed by atoms with Crippen LogP contribution in [0.2, 0.25) is 5.02 Å². The molecule has 1 atom stereocenters. The number of nitrogens with two attached hydrogens (primary N) is 1. The zero-order valence-electron chi connectivity index (χ0n) is 14.2. The number of rotatable bonds is 5. The molecular weight excluding hydrogens is 350 g/mol. The lowest BCUT2D eigenvalue weighted by Crippen LogP contribution is -2.49. The molecule has 1 fully saturated rings. The fourth-order valence-electron chi connectivity index (χ4n) is 2.44. The predicted molar refractivity (Wildman–Crippen MR) is 93.1 cm³/mol. The zero-order chi connectivity index (χ0) is 18.4. The standard InChI is InChI=1S/C16H22ClN3O5/c1-3-24-16(22)20-4-5-25-10(9-20)8-19-15(21)11-6-12(17)13(18)7-14(11)23-2/h6-7,10H,3-5,8-9,18H2,1-2H3,(H,19,21). The van der Waals surface area contributed by atoms with E-state index in [1.807, 2.05) is 0 Å². The molecule has 0 radical (unpaired) electrons. The first-order valence-corrected chi connectivity index (χ1v) is 8.28. The Morgan fingerprint density at radius 3 is 2.92 bits per heavy atom. The number of nitrogen functional groups attached to an aromatic ring is 1. The van der Waals surface area contributed by atoms with E-state index in [0.717, 1.165) is 0 Å². The van der Waals surface area contributed by atoms with Gasteiger partial charge in [0, 0.05) is 19.2 Å². The molecule has 0 aromatic heterocycles. The Morgan fingerprint density at radius 2 is 2.24 bits per heavy atom. The van der Waals surface area contributed by atoms with Gasteiger partial charge < -0.3 is 30.2 Å². The fraction of sp³-hybridized carbons (Fsp3) is 0.500. The minimum atomic E-state index is -0.380. The summed E-state index contributed by atoms with van der Waals surface area (Å²) in [7, 11) is 1.45. The first kappa shape index (κ1) is 19.1. The minimum absolute atomic E-state index is 0.236. The molecule has 0 bridgehead atoms. The number of nitrogens with one attached hydrogen (secondary N) is 1. The first-order valence-electron chi connectivity index (χ1n) is 7.90. The molecule has 1 unspecified atom stereocenters. The van der Waals surface area contributed by atoms with Gasteiger partial charge in [0.05, 0.1) is 49.2 Å². The number of carbonyl (C=O) groups excluding carboxylic acids is 2. The van der Waals surface area contributed by atoms with E-state index in [4.69, 9.17) is 31.5 Å². The molecular formula is C16H22ClN3O5. The molecule has 0 saturated carbocycles. The SMILES string of the molecule is CCOC(=O)N1CCOC(CNC(=O)c2cc(Cl)c(N)cc2OC)C1. The van der Waals surface area contributed by atoms with Gasteiger partial charge in [0.2, 0.25) is 0 Å². The number of amides is 2. The molecule has 1 aliphatic rings. The highest BCUT2D eigenvalue weighted by Crippen LogP contribution is 2.28. The zero-order valence-corrected chi connectivity index (χ0v) is 15.0. The Labute approximate surface area is 151 Å². The average molecular weight is 372 g/mol. The number of methoxy groups -OCH3 is 1. The van der Waals surface area contributed by atoms with Crippen molar-refractivity contribution in [1.82, 2.24) is 10.2 Å². The Bertz CT molecular complexity index is 640. The third kappa shape index (κ3) is 4.90. The van der Waals surface area contributed by atoms with E-state index in [9.17, 15) is 9.59 Å². The number of hydrogen-bond donors (Lipinski definition) is 2. The molecule has 1 aromatic rings. The van der Waals surface area contributed by atoms with Gasteiger partial charge in [0.1, 0.15) is 5.75 Å². The Morgan fingerprint density at radius 1 is 1.48 bits per heavy atom. The van der Waals surface area contributed by atoms with Crippen LogP contribution in [0.4, 0.5) is 10.5 Å². The third-order valence-corrected chi connectivity index (χ3v) is 4.05. The van der Waals surface area contributed by atoms with Crippen molar-refractivity contribution < 1.29 is 23.8 Å². The Kier molecular flexibility index (Phi) is 6.72. The maximum atomic E-state index is 12.4. The fourth-order valence-corrected chi connectivity index (χ4v) is 2.60. The van der Waals surface area contributed by atoms with E-state index in [1.54, 1.807) is 11.8 Å². The molecule has 25 heavy (non-hydrogen) atoms. The molecule has 1 saturated heterocycles. The van der Waals surface area contributed by atoms with Crippen LogP contribution in [-0.4, -0.2) is 63.0 Å². The maximum absolute atomic E-state index is 12.4. The molecule has 3 N–H and O–H groups in total. The molecule has 2 amide bonds. The molecule has 9 heteroatoms. The van der Waals surface area contributed by atoms with Gasteiger partial charge in [-0.25, -0.2) is 4.79 Å². The van der Waals surface area contributed by atoms with E-state index in [1.165, 1.54) is 19.2 Å². The van der Waals surface area contributed by atoms with Gasteiger partial charge in [0.25, 0.3) is 5.91 Å². The van der Waals surface area contributed by atoms with Crippen LogP contribution >= 0.6 is 11.6 Å². The number of halogens is 1. The molecule has 2 rings (SSSR count). The molecule has 1 heterocycles. The van der Waals surface area contributed by atoms with Crippen molar-refractivity contribution in [3.05, 3.63) is 22.7 Å². The van der Waals surface area contributed by atoms with Crippen molar-refractivity contribution >= 4 is 29.3 Å². The van der Waals surface area contributed by atoms with Gasteiger partial charge in [-0.15, -0.1) is 0 Å². The van der Waals surface area contributed by atoms with E-state index >= 15 is 0 Å². The summed E-state index contributed by atoms with van der Waals surface area (Å²) in [6.45, 7) is 3.50. The summed E-state index contributed by atoms with van der Waals surface area (Å²) in [5, 5.41) is 3.03. The number of anilines is 1. The second kappa shape index (κ2) is 8.77. The van der Waals surface area contributed by atoms with Crippen LogP contribution in [0.3, 0.4) is 0 Å². The number of carbonyl (C=O) groups is 2. The normalized spacial score (nSPS) is 17.1. The second-order valence-corrected chi connectivity index (χ2v) is 5.83. The van der Waals surface area contributed by atoms with Crippen molar-refractivity contribution in [1.29, 1.82) is 0 Å². The minimum Gasteiger partial charge on any atom is -0.496 e. The molecule has 1 aromatic carbocycles.